The number of anilines is 3. The summed E-state index contributed by atoms with van der Waals surface area (Å²) in [6.45, 7) is 2.84. The lowest BCUT2D eigenvalue weighted by Gasteiger charge is -2.36. The van der Waals surface area contributed by atoms with Gasteiger partial charge in [0.1, 0.15) is 0 Å². The average molecular weight is 554 g/mol. The van der Waals surface area contributed by atoms with Crippen molar-refractivity contribution in [3.05, 3.63) is 113 Å². The number of halogens is 2. The molecular formula is C31H25Cl2N5O. The van der Waals surface area contributed by atoms with Crippen LogP contribution in [-0.4, -0.2) is 47.0 Å². The number of carbonyl (C=O) groups excluding carboxylic acids is 1. The Balaban J connectivity index is 1.16. The van der Waals surface area contributed by atoms with Gasteiger partial charge in [0.15, 0.2) is 0 Å². The zero-order chi connectivity index (χ0) is 26.8. The molecule has 6 nitrogen and oxygen atoms in total. The molecule has 0 saturated carbocycles. The summed E-state index contributed by atoms with van der Waals surface area (Å²) in [5.74, 6) is 0.508. The highest BCUT2D eigenvalue weighted by Gasteiger charge is 2.22. The zero-order valence-corrected chi connectivity index (χ0v) is 22.5. The Bertz CT molecular complexity index is 1630. The van der Waals surface area contributed by atoms with Gasteiger partial charge in [-0.2, -0.15) is 0 Å². The summed E-state index contributed by atoms with van der Waals surface area (Å²) >= 11 is 12.2. The monoisotopic (exact) mass is 553 g/mol. The van der Waals surface area contributed by atoms with Gasteiger partial charge >= 0.3 is 0 Å². The molecule has 2 heterocycles. The van der Waals surface area contributed by atoms with Crippen LogP contribution < -0.4 is 10.2 Å². The molecule has 8 heteroatoms. The van der Waals surface area contributed by atoms with Crippen LogP contribution in [0.5, 0.6) is 0 Å². The first-order chi connectivity index (χ1) is 19.0. The Hall–Kier alpha value is -4.13. The van der Waals surface area contributed by atoms with Crippen molar-refractivity contribution in [1.29, 1.82) is 0 Å². The van der Waals surface area contributed by atoms with Crippen LogP contribution in [0.2, 0.25) is 10.0 Å². The van der Waals surface area contributed by atoms with Gasteiger partial charge in [-0.15, -0.1) is 0 Å². The summed E-state index contributed by atoms with van der Waals surface area (Å²) in [7, 11) is 0. The lowest BCUT2D eigenvalue weighted by molar-refractivity contribution is 0.0747. The second kappa shape index (κ2) is 10.9. The highest BCUT2D eigenvalue weighted by atomic mass is 35.5. The molecule has 6 rings (SSSR count). The molecule has 5 aromatic rings. The number of benzene rings is 4. The van der Waals surface area contributed by atoms with E-state index in [1.54, 1.807) is 0 Å². The number of nitrogens with one attached hydrogen (secondary N) is 1. The van der Waals surface area contributed by atoms with Gasteiger partial charge < -0.3 is 15.1 Å². The number of para-hydroxylation sites is 1. The van der Waals surface area contributed by atoms with E-state index in [1.807, 2.05) is 102 Å². The van der Waals surface area contributed by atoms with E-state index in [1.165, 1.54) is 0 Å². The predicted octanol–water partition coefficient (Wildman–Crippen LogP) is 7.31. The third-order valence-electron chi connectivity index (χ3n) is 6.85. The summed E-state index contributed by atoms with van der Waals surface area (Å²) < 4.78 is 0. The van der Waals surface area contributed by atoms with E-state index in [-0.39, 0.29) is 5.91 Å². The second-order valence-corrected chi connectivity index (χ2v) is 10.3. The number of hydrogen-bond acceptors (Lipinski definition) is 5. The van der Waals surface area contributed by atoms with Gasteiger partial charge in [-0.05, 0) is 60.7 Å². The third kappa shape index (κ3) is 5.53. The summed E-state index contributed by atoms with van der Waals surface area (Å²) in [5.41, 5.74) is 5.15. The smallest absolute Gasteiger partial charge is 0.253 e. The van der Waals surface area contributed by atoms with Gasteiger partial charge in [0.05, 0.1) is 11.2 Å². The van der Waals surface area contributed by atoms with E-state index in [2.05, 4.69) is 10.2 Å². The second-order valence-electron chi connectivity index (χ2n) is 9.38. The molecule has 0 unspecified atom stereocenters. The number of rotatable bonds is 5. The summed E-state index contributed by atoms with van der Waals surface area (Å²) in [6, 6.07) is 30.8. The molecule has 1 N–H and O–H groups in total. The maximum atomic E-state index is 13.2. The van der Waals surface area contributed by atoms with E-state index >= 15 is 0 Å². The Morgan fingerprint density at radius 2 is 1.49 bits per heavy atom. The van der Waals surface area contributed by atoms with E-state index in [4.69, 9.17) is 33.2 Å². The number of piperazine rings is 1. The number of nitrogens with zero attached hydrogens (tertiary/aromatic N) is 4. The van der Waals surface area contributed by atoms with Crippen molar-refractivity contribution >= 4 is 57.3 Å². The van der Waals surface area contributed by atoms with Crippen molar-refractivity contribution in [2.45, 2.75) is 0 Å². The molecule has 0 spiro atoms. The fraction of sp³-hybridized carbons (Fsp3) is 0.129. The normalized spacial score (nSPS) is 13.5. The van der Waals surface area contributed by atoms with Crippen molar-refractivity contribution in [2.75, 3.05) is 36.4 Å². The van der Waals surface area contributed by atoms with E-state index in [0.29, 0.717) is 29.6 Å². The van der Waals surface area contributed by atoms with Crippen molar-refractivity contribution < 1.29 is 4.79 Å². The minimum absolute atomic E-state index is 0.0271. The third-order valence-corrected chi connectivity index (χ3v) is 7.34. The van der Waals surface area contributed by atoms with Gasteiger partial charge in [-0.1, -0.05) is 59.6 Å². The molecule has 0 bridgehead atoms. The van der Waals surface area contributed by atoms with E-state index in [9.17, 15) is 4.79 Å². The Kier molecular flexibility index (Phi) is 7.05. The van der Waals surface area contributed by atoms with Crippen molar-refractivity contribution in [2.24, 2.45) is 0 Å². The molecule has 0 aliphatic carbocycles. The highest BCUT2D eigenvalue weighted by molar-refractivity contribution is 6.31. The standard InChI is InChI=1S/C31H25Cl2N5O/c32-23-12-8-21(9-13-23)29-27-6-1-2-7-28(27)35-31(36-29)34-25-14-10-22(11-15-25)30(39)38-18-16-37(17-19-38)26-5-3-4-24(33)20-26/h1-15,20H,16-19H2,(H,34,35,36). The number of hydrogen-bond donors (Lipinski definition) is 1. The molecule has 194 valence electrons. The van der Waals surface area contributed by atoms with Crippen LogP contribution in [0.1, 0.15) is 10.4 Å². The van der Waals surface area contributed by atoms with Crippen LogP contribution in [0.15, 0.2) is 97.1 Å². The summed E-state index contributed by atoms with van der Waals surface area (Å²) in [5, 5.41) is 5.65. The summed E-state index contributed by atoms with van der Waals surface area (Å²) in [6.07, 6.45) is 0. The maximum absolute atomic E-state index is 13.2. The molecule has 1 saturated heterocycles. The van der Waals surface area contributed by atoms with Crippen LogP contribution in [0, 0.1) is 0 Å². The highest BCUT2D eigenvalue weighted by Crippen LogP contribution is 2.29. The average Bonchev–Trinajstić information content (AvgIpc) is 2.97. The van der Waals surface area contributed by atoms with Gasteiger partial charge in [0.2, 0.25) is 5.95 Å². The predicted molar refractivity (Wildman–Crippen MR) is 159 cm³/mol. The Morgan fingerprint density at radius 3 is 2.23 bits per heavy atom. The number of aromatic nitrogens is 2. The molecule has 1 amide bonds. The van der Waals surface area contributed by atoms with Crippen molar-refractivity contribution in [1.82, 2.24) is 14.9 Å². The summed E-state index contributed by atoms with van der Waals surface area (Å²) in [4.78, 5) is 26.8. The minimum Gasteiger partial charge on any atom is -0.368 e. The fourth-order valence-electron chi connectivity index (χ4n) is 4.81. The first-order valence-electron chi connectivity index (χ1n) is 12.7. The van der Waals surface area contributed by atoms with Gasteiger partial charge in [0.25, 0.3) is 5.91 Å². The molecule has 1 aliphatic heterocycles. The zero-order valence-electron chi connectivity index (χ0n) is 21.0. The van der Waals surface area contributed by atoms with Crippen molar-refractivity contribution in [3.63, 3.8) is 0 Å². The quantitative estimate of drug-likeness (QED) is 0.247. The fourth-order valence-corrected chi connectivity index (χ4v) is 5.12. The Morgan fingerprint density at radius 1 is 0.744 bits per heavy atom. The number of amides is 1. The molecule has 1 aliphatic rings. The number of fused-ring (bicyclic) bond motifs is 1. The van der Waals surface area contributed by atoms with Crippen molar-refractivity contribution in [3.8, 4) is 11.3 Å². The maximum Gasteiger partial charge on any atom is 0.253 e. The molecule has 0 atom stereocenters. The first kappa shape index (κ1) is 25.2. The van der Waals surface area contributed by atoms with E-state index < -0.39 is 0 Å². The molecule has 1 aromatic heterocycles. The molecule has 4 aromatic carbocycles. The van der Waals surface area contributed by atoms with Crippen LogP contribution in [0.3, 0.4) is 0 Å². The lowest BCUT2D eigenvalue weighted by Crippen LogP contribution is -2.48. The van der Waals surface area contributed by atoms with E-state index in [0.717, 1.165) is 51.6 Å². The molecular weight excluding hydrogens is 529 g/mol. The Labute approximate surface area is 236 Å². The molecule has 1 fully saturated rings. The SMILES string of the molecule is O=C(c1ccc(Nc2nc(-c3ccc(Cl)cc3)c3ccccc3n2)cc1)N1CCN(c2cccc(Cl)c2)CC1. The van der Waals surface area contributed by atoms with Gasteiger partial charge in [-0.3, -0.25) is 4.79 Å². The van der Waals surface area contributed by atoms with Crippen LogP contribution in [-0.2, 0) is 0 Å². The lowest BCUT2D eigenvalue weighted by atomic mass is 10.1. The first-order valence-corrected chi connectivity index (χ1v) is 13.5. The molecule has 0 radical (unpaired) electrons. The minimum atomic E-state index is 0.0271. The van der Waals surface area contributed by atoms with Gasteiger partial charge in [-0.25, -0.2) is 9.97 Å². The number of carbonyl (C=O) groups is 1. The van der Waals surface area contributed by atoms with Crippen LogP contribution in [0.25, 0.3) is 22.2 Å². The van der Waals surface area contributed by atoms with Crippen LogP contribution >= 0.6 is 23.2 Å². The van der Waals surface area contributed by atoms with Crippen LogP contribution in [0.4, 0.5) is 17.3 Å². The largest absolute Gasteiger partial charge is 0.368 e. The topological polar surface area (TPSA) is 61.4 Å². The van der Waals surface area contributed by atoms with Gasteiger partial charge in [0, 0.05) is 64.1 Å². The molecule has 39 heavy (non-hydrogen) atoms.